The predicted octanol–water partition coefficient (Wildman–Crippen LogP) is 2.86. The van der Waals surface area contributed by atoms with Crippen molar-refractivity contribution in [2.45, 2.75) is 33.2 Å². The van der Waals surface area contributed by atoms with E-state index in [4.69, 9.17) is 0 Å². The first-order chi connectivity index (χ1) is 11.4. The molecule has 0 aliphatic heterocycles. The van der Waals surface area contributed by atoms with Gasteiger partial charge in [-0.25, -0.2) is 9.50 Å². The lowest BCUT2D eigenvalue weighted by Crippen LogP contribution is -2.34. The molecule has 0 aliphatic carbocycles. The van der Waals surface area contributed by atoms with Gasteiger partial charge >= 0.3 is 0 Å². The average Bonchev–Trinajstić information content (AvgIpc) is 2.94. The fraction of sp³-hybridized carbons (Fsp3) is 0.294. The summed E-state index contributed by atoms with van der Waals surface area (Å²) in [5, 5.41) is 7.19. The number of aromatic nitrogens is 4. The van der Waals surface area contributed by atoms with Gasteiger partial charge in [-0.1, -0.05) is 28.1 Å². The smallest absolute Gasteiger partial charge is 0.291 e. The van der Waals surface area contributed by atoms with Crippen molar-refractivity contribution in [2.75, 3.05) is 0 Å². The van der Waals surface area contributed by atoms with Crippen LogP contribution < -0.4 is 5.32 Å². The molecule has 0 saturated heterocycles. The predicted molar refractivity (Wildman–Crippen MR) is 95.0 cm³/mol. The van der Waals surface area contributed by atoms with E-state index in [-0.39, 0.29) is 17.8 Å². The number of fused-ring (bicyclic) bond motifs is 1. The number of nitrogens with one attached hydrogen (secondary N) is 1. The highest BCUT2D eigenvalue weighted by molar-refractivity contribution is 9.10. The maximum absolute atomic E-state index is 12.4. The molecule has 1 atom stereocenters. The number of amides is 1. The van der Waals surface area contributed by atoms with Crippen molar-refractivity contribution in [1.29, 1.82) is 0 Å². The van der Waals surface area contributed by atoms with Gasteiger partial charge in [-0.15, -0.1) is 5.10 Å². The first-order valence-electron chi connectivity index (χ1n) is 7.68. The summed E-state index contributed by atoms with van der Waals surface area (Å²) in [6, 6.07) is 9.92. The molecule has 1 unspecified atom stereocenters. The Bertz CT molecular complexity index is 888. The molecule has 7 heteroatoms. The van der Waals surface area contributed by atoms with Crippen LogP contribution in [0.15, 0.2) is 34.8 Å². The molecular weight excluding hydrogens is 370 g/mol. The molecule has 1 N–H and O–H groups in total. The van der Waals surface area contributed by atoms with Crippen LogP contribution in [0.4, 0.5) is 0 Å². The Kier molecular flexibility index (Phi) is 4.62. The van der Waals surface area contributed by atoms with E-state index in [1.54, 1.807) is 4.52 Å². The van der Waals surface area contributed by atoms with Gasteiger partial charge in [-0.2, -0.15) is 4.98 Å². The number of benzene rings is 1. The van der Waals surface area contributed by atoms with Crippen LogP contribution in [0.1, 0.15) is 34.5 Å². The molecule has 6 nitrogen and oxygen atoms in total. The van der Waals surface area contributed by atoms with Gasteiger partial charge in [-0.05, 0) is 51.0 Å². The van der Waals surface area contributed by atoms with Crippen LogP contribution in [0.2, 0.25) is 0 Å². The van der Waals surface area contributed by atoms with Crippen LogP contribution in [0, 0.1) is 13.8 Å². The van der Waals surface area contributed by atoms with E-state index < -0.39 is 0 Å². The number of carbonyl (C=O) groups is 1. The first kappa shape index (κ1) is 16.6. The summed E-state index contributed by atoms with van der Waals surface area (Å²) < 4.78 is 2.62. The molecule has 3 aromatic rings. The zero-order chi connectivity index (χ0) is 17.3. The van der Waals surface area contributed by atoms with Gasteiger partial charge in [0.05, 0.1) is 0 Å². The number of hydrogen-bond donors (Lipinski definition) is 1. The third-order valence-corrected chi connectivity index (χ3v) is 4.18. The van der Waals surface area contributed by atoms with Crippen LogP contribution in [0.5, 0.6) is 0 Å². The molecule has 3 rings (SSSR count). The van der Waals surface area contributed by atoms with E-state index in [2.05, 4.69) is 36.3 Å². The summed E-state index contributed by atoms with van der Waals surface area (Å²) in [7, 11) is 0. The monoisotopic (exact) mass is 387 g/mol. The Labute approximate surface area is 148 Å². The molecule has 2 aromatic heterocycles. The summed E-state index contributed by atoms with van der Waals surface area (Å²) in [5.74, 6) is 0.291. The molecule has 2 heterocycles. The van der Waals surface area contributed by atoms with Crippen LogP contribution >= 0.6 is 15.9 Å². The van der Waals surface area contributed by atoms with Gasteiger partial charge in [0.2, 0.25) is 5.82 Å². The third kappa shape index (κ3) is 3.62. The Hall–Kier alpha value is -2.28. The van der Waals surface area contributed by atoms with Gasteiger partial charge in [0.25, 0.3) is 11.7 Å². The number of rotatable bonds is 4. The summed E-state index contributed by atoms with van der Waals surface area (Å²) in [6.07, 6.45) is 0.739. The molecule has 0 bridgehead atoms. The normalized spacial score (nSPS) is 12.3. The molecule has 1 amide bonds. The van der Waals surface area contributed by atoms with E-state index in [1.807, 2.05) is 51.1 Å². The highest BCUT2D eigenvalue weighted by Gasteiger charge is 2.17. The zero-order valence-corrected chi connectivity index (χ0v) is 15.3. The second-order valence-electron chi connectivity index (χ2n) is 5.89. The number of halogens is 1. The van der Waals surface area contributed by atoms with Crippen molar-refractivity contribution in [3.8, 4) is 0 Å². The number of nitrogens with zero attached hydrogens (tertiary/aromatic N) is 4. The minimum atomic E-state index is -0.290. The van der Waals surface area contributed by atoms with Gasteiger partial charge in [-0.3, -0.25) is 4.79 Å². The summed E-state index contributed by atoms with van der Waals surface area (Å²) in [4.78, 5) is 20.9. The van der Waals surface area contributed by atoms with Crippen LogP contribution in [0.25, 0.3) is 5.78 Å². The van der Waals surface area contributed by atoms with E-state index in [0.717, 1.165) is 27.8 Å². The number of hydrogen-bond acceptors (Lipinski definition) is 4. The first-order valence-corrected chi connectivity index (χ1v) is 8.48. The summed E-state index contributed by atoms with van der Waals surface area (Å²) >= 11 is 3.42. The minimum Gasteiger partial charge on any atom is -0.346 e. The van der Waals surface area contributed by atoms with Crippen molar-refractivity contribution >= 4 is 27.6 Å². The standard InChI is InChI=1S/C17H18BrN5O/c1-10-8-12(3)23-17(20-10)21-15(22-23)16(24)19-11(2)9-13-4-6-14(18)7-5-13/h4-8,11H,9H2,1-3H3,(H,19,24). The molecule has 124 valence electrons. The topological polar surface area (TPSA) is 72.2 Å². The van der Waals surface area contributed by atoms with Gasteiger partial charge in [0, 0.05) is 21.9 Å². The fourth-order valence-corrected chi connectivity index (χ4v) is 2.84. The van der Waals surface area contributed by atoms with Crippen molar-refractivity contribution in [3.63, 3.8) is 0 Å². The molecule has 0 spiro atoms. The lowest BCUT2D eigenvalue weighted by molar-refractivity contribution is 0.0930. The van der Waals surface area contributed by atoms with Gasteiger partial charge in [0.15, 0.2) is 0 Å². The Morgan fingerprint density at radius 1 is 1.25 bits per heavy atom. The highest BCUT2D eigenvalue weighted by atomic mass is 79.9. The van der Waals surface area contributed by atoms with Gasteiger partial charge in [0.1, 0.15) is 0 Å². The Morgan fingerprint density at radius 3 is 2.67 bits per heavy atom. The van der Waals surface area contributed by atoms with Crippen LogP contribution in [-0.4, -0.2) is 31.5 Å². The number of aryl methyl sites for hydroxylation is 2. The SMILES string of the molecule is Cc1cc(C)n2nc(C(=O)NC(C)Cc3ccc(Br)cc3)nc2n1. The quantitative estimate of drug-likeness (QED) is 0.746. The molecule has 0 radical (unpaired) electrons. The van der Waals surface area contributed by atoms with Crippen molar-refractivity contribution in [2.24, 2.45) is 0 Å². The Balaban J connectivity index is 1.72. The van der Waals surface area contributed by atoms with E-state index in [1.165, 1.54) is 0 Å². The molecular formula is C17H18BrN5O. The molecule has 24 heavy (non-hydrogen) atoms. The molecule has 0 fully saturated rings. The number of carbonyl (C=O) groups excluding carboxylic acids is 1. The maximum Gasteiger partial charge on any atom is 0.291 e. The summed E-state index contributed by atoms with van der Waals surface area (Å²) in [5.41, 5.74) is 2.90. The molecule has 1 aromatic carbocycles. The van der Waals surface area contributed by atoms with Crippen molar-refractivity contribution in [1.82, 2.24) is 24.9 Å². The second-order valence-corrected chi connectivity index (χ2v) is 6.81. The molecule has 0 aliphatic rings. The maximum atomic E-state index is 12.4. The Morgan fingerprint density at radius 2 is 1.96 bits per heavy atom. The lowest BCUT2D eigenvalue weighted by Gasteiger charge is -2.12. The van der Waals surface area contributed by atoms with Crippen molar-refractivity contribution in [3.05, 3.63) is 57.6 Å². The fourth-order valence-electron chi connectivity index (χ4n) is 2.58. The van der Waals surface area contributed by atoms with Crippen LogP contribution in [0.3, 0.4) is 0 Å². The zero-order valence-electron chi connectivity index (χ0n) is 13.7. The average molecular weight is 388 g/mol. The second kappa shape index (κ2) is 6.68. The van der Waals surface area contributed by atoms with Crippen molar-refractivity contribution < 1.29 is 4.79 Å². The van der Waals surface area contributed by atoms with Crippen LogP contribution in [-0.2, 0) is 6.42 Å². The van der Waals surface area contributed by atoms with E-state index in [9.17, 15) is 4.79 Å². The lowest BCUT2D eigenvalue weighted by atomic mass is 10.1. The van der Waals surface area contributed by atoms with E-state index >= 15 is 0 Å². The largest absolute Gasteiger partial charge is 0.346 e. The van der Waals surface area contributed by atoms with Gasteiger partial charge < -0.3 is 5.32 Å². The highest BCUT2D eigenvalue weighted by Crippen LogP contribution is 2.12. The minimum absolute atomic E-state index is 0.0268. The van der Waals surface area contributed by atoms with E-state index in [0.29, 0.717) is 5.78 Å². The summed E-state index contributed by atoms with van der Waals surface area (Å²) in [6.45, 7) is 5.76. The molecule has 0 saturated carbocycles. The third-order valence-electron chi connectivity index (χ3n) is 3.65.